The molecule has 0 fully saturated rings. The third kappa shape index (κ3) is 3.71. The van der Waals surface area contributed by atoms with Crippen LogP contribution in [0.3, 0.4) is 0 Å². The molecule has 1 heterocycles. The van der Waals surface area contributed by atoms with Crippen molar-refractivity contribution in [1.29, 1.82) is 0 Å². The quantitative estimate of drug-likeness (QED) is 0.703. The molecule has 3 aromatic carbocycles. The van der Waals surface area contributed by atoms with Crippen LogP contribution in [0.1, 0.15) is 27.5 Å². The van der Waals surface area contributed by atoms with E-state index in [1.165, 1.54) is 59.5 Å². The van der Waals surface area contributed by atoms with Crippen LogP contribution in [0.4, 0.5) is 18.9 Å². The summed E-state index contributed by atoms with van der Waals surface area (Å²) in [6.45, 7) is -0.311. The number of hydrogen-bond donors (Lipinski definition) is 1. The number of anilines is 1. The minimum absolute atomic E-state index is 0.172. The summed E-state index contributed by atoms with van der Waals surface area (Å²) in [5.74, 6) is -2.50. The van der Waals surface area contributed by atoms with E-state index in [1.807, 2.05) is 0 Å². The molecule has 1 N–H and O–H groups in total. The van der Waals surface area contributed by atoms with Gasteiger partial charge in [0.15, 0.2) is 0 Å². The van der Waals surface area contributed by atoms with E-state index in [-0.39, 0.29) is 12.1 Å². The molecule has 0 saturated carbocycles. The Morgan fingerprint density at radius 2 is 1.45 bits per heavy atom. The van der Waals surface area contributed by atoms with Crippen LogP contribution < -0.4 is 5.32 Å². The minimum atomic E-state index is -0.849. The molecule has 0 aromatic heterocycles. The molecule has 0 spiro atoms. The van der Waals surface area contributed by atoms with Crippen molar-refractivity contribution in [2.75, 3.05) is 11.9 Å². The van der Waals surface area contributed by atoms with Gasteiger partial charge in [-0.3, -0.25) is 9.59 Å². The normalized spacial score (nSPS) is 16.0. The molecular weight excluding hydrogens is 381 g/mol. The molecule has 0 saturated heterocycles. The van der Waals surface area contributed by atoms with Gasteiger partial charge in [0.05, 0.1) is 6.04 Å². The lowest BCUT2D eigenvalue weighted by molar-refractivity contribution is -0.117. The first-order valence-corrected chi connectivity index (χ1v) is 8.83. The van der Waals surface area contributed by atoms with Gasteiger partial charge in [-0.05, 0) is 60.2 Å². The number of carbonyl (C=O) groups is 2. The van der Waals surface area contributed by atoms with Gasteiger partial charge < -0.3 is 10.2 Å². The van der Waals surface area contributed by atoms with E-state index >= 15 is 0 Å². The number of rotatable bonds is 2. The lowest BCUT2D eigenvalue weighted by atomic mass is 9.95. The Labute approximate surface area is 164 Å². The van der Waals surface area contributed by atoms with Crippen LogP contribution in [0.25, 0.3) is 0 Å². The van der Waals surface area contributed by atoms with Gasteiger partial charge in [-0.15, -0.1) is 0 Å². The number of halogens is 3. The largest absolute Gasteiger partial charge is 0.324 e. The second-order valence-corrected chi connectivity index (χ2v) is 6.67. The Hall–Kier alpha value is -3.61. The second-order valence-electron chi connectivity index (χ2n) is 6.67. The summed E-state index contributed by atoms with van der Waals surface area (Å²) >= 11 is 0. The first-order valence-electron chi connectivity index (χ1n) is 8.83. The van der Waals surface area contributed by atoms with Gasteiger partial charge in [-0.2, -0.15) is 0 Å². The zero-order chi connectivity index (χ0) is 20.5. The van der Waals surface area contributed by atoms with Crippen molar-refractivity contribution in [3.05, 3.63) is 101 Å². The molecule has 1 atom stereocenters. The monoisotopic (exact) mass is 396 g/mol. The Balaban J connectivity index is 1.88. The van der Waals surface area contributed by atoms with E-state index in [2.05, 4.69) is 5.32 Å². The summed E-state index contributed by atoms with van der Waals surface area (Å²) in [5.41, 5.74) is 1.40. The van der Waals surface area contributed by atoms with E-state index in [9.17, 15) is 22.8 Å². The average molecular weight is 396 g/mol. The van der Waals surface area contributed by atoms with Gasteiger partial charge in [0, 0.05) is 16.8 Å². The SMILES string of the molecule is O=C1CN(C(=O)c2ccc(F)cc2)C(c2ccc(F)cc2)c2cc(F)ccc2N1. The predicted molar refractivity (Wildman–Crippen MR) is 101 cm³/mol. The molecule has 4 nitrogen and oxygen atoms in total. The number of amides is 2. The predicted octanol–water partition coefficient (Wildman–Crippen LogP) is 4.29. The fourth-order valence-corrected chi connectivity index (χ4v) is 3.43. The average Bonchev–Trinajstić information content (AvgIpc) is 2.84. The third-order valence-corrected chi connectivity index (χ3v) is 4.75. The first-order chi connectivity index (χ1) is 13.9. The molecule has 146 valence electrons. The number of nitrogens with one attached hydrogen (secondary N) is 1. The van der Waals surface area contributed by atoms with E-state index in [0.29, 0.717) is 16.8 Å². The Morgan fingerprint density at radius 1 is 0.862 bits per heavy atom. The lowest BCUT2D eigenvalue weighted by Crippen LogP contribution is -2.39. The molecule has 29 heavy (non-hydrogen) atoms. The highest BCUT2D eigenvalue weighted by Gasteiger charge is 2.34. The van der Waals surface area contributed by atoms with Crippen molar-refractivity contribution < 1.29 is 22.8 Å². The Morgan fingerprint density at radius 3 is 2.10 bits per heavy atom. The van der Waals surface area contributed by atoms with Crippen LogP contribution in [0.5, 0.6) is 0 Å². The molecule has 0 bridgehead atoms. The van der Waals surface area contributed by atoms with Gasteiger partial charge in [0.25, 0.3) is 5.91 Å². The van der Waals surface area contributed by atoms with Crippen molar-refractivity contribution >= 4 is 17.5 Å². The molecule has 2 amide bonds. The maximum Gasteiger partial charge on any atom is 0.255 e. The molecule has 1 aliphatic heterocycles. The Bertz CT molecular complexity index is 1080. The molecule has 3 aromatic rings. The molecule has 0 aliphatic carbocycles. The maximum absolute atomic E-state index is 14.1. The van der Waals surface area contributed by atoms with Crippen LogP contribution in [0.2, 0.25) is 0 Å². The van der Waals surface area contributed by atoms with Gasteiger partial charge in [-0.1, -0.05) is 12.1 Å². The zero-order valence-electron chi connectivity index (χ0n) is 15.0. The fourth-order valence-electron chi connectivity index (χ4n) is 3.43. The summed E-state index contributed by atoms with van der Waals surface area (Å²) in [4.78, 5) is 26.9. The van der Waals surface area contributed by atoms with Crippen LogP contribution in [0.15, 0.2) is 66.7 Å². The Kier molecular flexibility index (Phi) is 4.80. The van der Waals surface area contributed by atoms with Crippen molar-refractivity contribution in [3.63, 3.8) is 0 Å². The van der Waals surface area contributed by atoms with Gasteiger partial charge in [-0.25, -0.2) is 13.2 Å². The fraction of sp³-hybridized carbons (Fsp3) is 0.0909. The van der Waals surface area contributed by atoms with Crippen LogP contribution in [-0.2, 0) is 4.79 Å². The molecule has 1 unspecified atom stereocenters. The van der Waals surface area contributed by atoms with E-state index in [4.69, 9.17) is 0 Å². The van der Waals surface area contributed by atoms with Crippen LogP contribution in [0, 0.1) is 17.5 Å². The highest BCUT2D eigenvalue weighted by atomic mass is 19.1. The van der Waals surface area contributed by atoms with E-state index in [0.717, 1.165) is 12.1 Å². The smallest absolute Gasteiger partial charge is 0.255 e. The number of hydrogen-bond acceptors (Lipinski definition) is 2. The number of benzene rings is 3. The summed E-state index contributed by atoms with van der Waals surface area (Å²) in [7, 11) is 0. The summed E-state index contributed by atoms with van der Waals surface area (Å²) < 4.78 is 40.8. The van der Waals surface area contributed by atoms with E-state index < -0.39 is 35.3 Å². The number of nitrogens with zero attached hydrogens (tertiary/aromatic N) is 1. The maximum atomic E-state index is 14.1. The van der Waals surface area contributed by atoms with Gasteiger partial charge >= 0.3 is 0 Å². The van der Waals surface area contributed by atoms with Crippen molar-refractivity contribution in [2.24, 2.45) is 0 Å². The minimum Gasteiger partial charge on any atom is -0.324 e. The number of fused-ring (bicyclic) bond motifs is 1. The van der Waals surface area contributed by atoms with Crippen molar-refractivity contribution in [1.82, 2.24) is 4.90 Å². The van der Waals surface area contributed by atoms with Crippen molar-refractivity contribution in [3.8, 4) is 0 Å². The molecule has 1 aliphatic rings. The summed E-state index contributed by atoms with van der Waals surface area (Å²) in [5, 5.41) is 2.67. The van der Waals surface area contributed by atoms with Crippen molar-refractivity contribution in [2.45, 2.75) is 6.04 Å². The summed E-state index contributed by atoms with van der Waals surface area (Å²) in [6, 6.07) is 13.4. The molecule has 4 rings (SSSR count). The van der Waals surface area contributed by atoms with Crippen LogP contribution in [-0.4, -0.2) is 23.3 Å². The lowest BCUT2D eigenvalue weighted by Gasteiger charge is -2.30. The highest BCUT2D eigenvalue weighted by Crippen LogP contribution is 2.37. The standard InChI is InChI=1S/C22H15F3N2O2/c23-15-5-1-13(2-6-15)21-18-11-17(25)9-10-19(18)26-20(28)12-27(21)22(29)14-3-7-16(24)8-4-14/h1-11,21H,12H2,(H,26,28). The second kappa shape index (κ2) is 7.43. The summed E-state index contributed by atoms with van der Waals surface area (Å²) in [6.07, 6.45) is 0. The topological polar surface area (TPSA) is 49.4 Å². The zero-order valence-corrected chi connectivity index (χ0v) is 15.0. The van der Waals surface area contributed by atoms with Gasteiger partial charge in [0.2, 0.25) is 5.91 Å². The molecule has 7 heteroatoms. The third-order valence-electron chi connectivity index (χ3n) is 4.75. The molecular formula is C22H15F3N2O2. The highest BCUT2D eigenvalue weighted by molar-refractivity contribution is 6.01. The van der Waals surface area contributed by atoms with E-state index in [1.54, 1.807) is 0 Å². The van der Waals surface area contributed by atoms with Gasteiger partial charge in [0.1, 0.15) is 24.0 Å². The van der Waals surface area contributed by atoms with Crippen LogP contribution >= 0.6 is 0 Å². The first kappa shape index (κ1) is 18.7. The number of carbonyl (C=O) groups excluding carboxylic acids is 2. The molecule has 0 radical (unpaired) electrons.